The van der Waals surface area contributed by atoms with Gasteiger partial charge in [-0.3, -0.25) is 19.8 Å². The second-order valence-corrected chi connectivity index (χ2v) is 8.45. The van der Waals surface area contributed by atoms with Crippen molar-refractivity contribution in [3.8, 4) is 0 Å². The molecule has 1 amide bonds. The number of hydrogen-bond donors (Lipinski definition) is 2. The molecule has 0 saturated heterocycles. The number of rotatable bonds is 7. The van der Waals surface area contributed by atoms with Crippen molar-refractivity contribution in [3.63, 3.8) is 0 Å². The van der Waals surface area contributed by atoms with Crippen molar-refractivity contribution in [2.24, 2.45) is 5.92 Å². The Labute approximate surface area is 187 Å². The van der Waals surface area contributed by atoms with Crippen LogP contribution < -0.4 is 10.2 Å². The van der Waals surface area contributed by atoms with Crippen LogP contribution in [0, 0.1) is 5.92 Å². The Hall–Kier alpha value is -3.19. The second-order valence-electron chi connectivity index (χ2n) is 8.45. The van der Waals surface area contributed by atoms with Crippen LogP contribution >= 0.6 is 0 Å². The van der Waals surface area contributed by atoms with Gasteiger partial charge in [-0.05, 0) is 55.4 Å². The van der Waals surface area contributed by atoms with Gasteiger partial charge in [0.2, 0.25) is 5.91 Å². The quantitative estimate of drug-likeness (QED) is 0.647. The molecule has 1 aliphatic carbocycles. The Morgan fingerprint density at radius 3 is 2.22 bits per heavy atom. The fourth-order valence-electron chi connectivity index (χ4n) is 4.86. The Morgan fingerprint density at radius 2 is 1.62 bits per heavy atom. The summed E-state index contributed by atoms with van der Waals surface area (Å²) in [5, 5.41) is 12.9. The lowest BCUT2D eigenvalue weighted by Crippen LogP contribution is -2.56. The molecule has 3 atom stereocenters. The van der Waals surface area contributed by atoms with Gasteiger partial charge >= 0.3 is 11.9 Å². The summed E-state index contributed by atoms with van der Waals surface area (Å²) in [5.74, 6) is -1.84. The van der Waals surface area contributed by atoms with Crippen LogP contribution in [0.25, 0.3) is 0 Å². The minimum Gasteiger partial charge on any atom is -0.480 e. The molecule has 2 unspecified atom stereocenters. The number of benzene rings is 2. The number of carbonyl (C=O) groups excluding carboxylic acids is 2. The first-order valence-electron chi connectivity index (χ1n) is 11.0. The van der Waals surface area contributed by atoms with Crippen molar-refractivity contribution in [3.05, 3.63) is 65.2 Å². The molecule has 2 aromatic rings. The average molecular weight is 437 g/mol. The highest BCUT2D eigenvalue weighted by Gasteiger charge is 2.42. The molecule has 7 nitrogen and oxygen atoms in total. The van der Waals surface area contributed by atoms with E-state index in [-0.39, 0.29) is 30.8 Å². The number of hydrogen-bond acceptors (Lipinski definition) is 5. The summed E-state index contributed by atoms with van der Waals surface area (Å²) < 4.78 is 5.32. The fourth-order valence-corrected chi connectivity index (χ4v) is 4.86. The van der Waals surface area contributed by atoms with Crippen LogP contribution in [-0.2, 0) is 38.4 Å². The molecule has 2 aliphatic rings. The molecular formula is C25H28N2O5. The van der Waals surface area contributed by atoms with Crippen LogP contribution in [0.4, 0.5) is 5.69 Å². The number of carboxylic acids is 1. The van der Waals surface area contributed by atoms with Crippen LogP contribution in [0.2, 0.25) is 0 Å². The van der Waals surface area contributed by atoms with Crippen molar-refractivity contribution in [2.75, 3.05) is 11.5 Å². The van der Waals surface area contributed by atoms with Gasteiger partial charge in [-0.15, -0.1) is 0 Å². The van der Waals surface area contributed by atoms with Crippen LogP contribution in [0.5, 0.6) is 0 Å². The number of fused-ring (bicyclic) bond motifs is 2. The summed E-state index contributed by atoms with van der Waals surface area (Å²) in [5.41, 5.74) is 3.84. The molecule has 0 bridgehead atoms. The van der Waals surface area contributed by atoms with E-state index < -0.39 is 24.1 Å². The minimum atomic E-state index is -1.05. The Kier molecular flexibility index (Phi) is 6.28. The van der Waals surface area contributed by atoms with Crippen molar-refractivity contribution >= 4 is 23.5 Å². The Balaban J connectivity index is 1.55. The standard InChI is InChI=1S/C25H28N2O5/c1-3-32-25(31)22(19-12-16-8-4-5-9-17(16)13-19)26-15(2)23(28)27-20-11-7-6-10-18(20)14-21(27)24(29)30/h4-11,15,19,21-22,26H,3,12-14H2,1-2H3,(H,29,30)/t15-,21?,22?/m0/s1. The predicted octanol–water partition coefficient (Wildman–Crippen LogP) is 2.35. The zero-order chi connectivity index (χ0) is 22.8. The zero-order valence-electron chi connectivity index (χ0n) is 18.3. The van der Waals surface area contributed by atoms with E-state index in [1.54, 1.807) is 26.0 Å². The molecule has 168 valence electrons. The summed E-state index contributed by atoms with van der Waals surface area (Å²) in [7, 11) is 0. The van der Waals surface area contributed by atoms with Crippen LogP contribution in [0.1, 0.15) is 30.5 Å². The first kappa shape index (κ1) is 22.0. The lowest BCUT2D eigenvalue weighted by molar-refractivity contribution is -0.147. The van der Waals surface area contributed by atoms with Gasteiger partial charge in [-0.25, -0.2) is 4.79 Å². The number of carboxylic acid groups (broad SMARTS) is 1. The highest BCUT2D eigenvalue weighted by atomic mass is 16.5. The van der Waals surface area contributed by atoms with Gasteiger partial charge in [0, 0.05) is 12.1 Å². The third kappa shape index (κ3) is 4.12. The number of aliphatic carboxylic acids is 1. The van der Waals surface area contributed by atoms with E-state index in [1.807, 2.05) is 24.3 Å². The SMILES string of the molecule is CCOC(=O)C(N[C@@H](C)C(=O)N1c2ccccc2CC1C(=O)O)C1Cc2ccccc2C1. The molecule has 32 heavy (non-hydrogen) atoms. The zero-order valence-corrected chi connectivity index (χ0v) is 18.3. The van der Waals surface area contributed by atoms with Crippen molar-refractivity contribution in [1.82, 2.24) is 5.32 Å². The molecule has 0 spiro atoms. The summed E-state index contributed by atoms with van der Waals surface area (Å²) in [6.07, 6.45) is 1.71. The van der Waals surface area contributed by atoms with E-state index in [0.29, 0.717) is 5.69 Å². The normalized spacial score (nSPS) is 19.2. The molecular weight excluding hydrogens is 408 g/mol. The van der Waals surface area contributed by atoms with E-state index in [9.17, 15) is 19.5 Å². The van der Waals surface area contributed by atoms with Crippen molar-refractivity contribution < 1.29 is 24.2 Å². The molecule has 7 heteroatoms. The topological polar surface area (TPSA) is 95.9 Å². The van der Waals surface area contributed by atoms with Crippen LogP contribution in [-0.4, -0.2) is 47.7 Å². The molecule has 2 aromatic carbocycles. The number of anilines is 1. The second kappa shape index (κ2) is 9.12. The minimum absolute atomic E-state index is 0.0390. The Morgan fingerprint density at radius 1 is 1.03 bits per heavy atom. The number of para-hydroxylation sites is 1. The van der Waals surface area contributed by atoms with E-state index in [4.69, 9.17) is 4.74 Å². The molecule has 1 aliphatic heterocycles. The lowest BCUT2D eigenvalue weighted by atomic mass is 9.95. The largest absolute Gasteiger partial charge is 0.480 e. The molecule has 0 aromatic heterocycles. The van der Waals surface area contributed by atoms with Gasteiger partial charge in [-0.1, -0.05) is 42.5 Å². The number of ether oxygens (including phenoxy) is 1. The van der Waals surface area contributed by atoms with Gasteiger partial charge in [0.05, 0.1) is 12.6 Å². The Bertz CT molecular complexity index is 1010. The maximum absolute atomic E-state index is 13.4. The van der Waals surface area contributed by atoms with Gasteiger partial charge in [-0.2, -0.15) is 0 Å². The highest BCUT2D eigenvalue weighted by Crippen LogP contribution is 2.33. The monoisotopic (exact) mass is 436 g/mol. The van der Waals surface area contributed by atoms with Crippen molar-refractivity contribution in [1.29, 1.82) is 0 Å². The lowest BCUT2D eigenvalue weighted by Gasteiger charge is -2.30. The third-order valence-corrected chi connectivity index (χ3v) is 6.39. The molecule has 4 rings (SSSR count). The summed E-state index contributed by atoms with van der Waals surface area (Å²) in [6, 6.07) is 12.9. The van der Waals surface area contributed by atoms with Crippen LogP contribution in [0.3, 0.4) is 0 Å². The molecule has 0 saturated carbocycles. The van der Waals surface area contributed by atoms with Gasteiger partial charge in [0.15, 0.2) is 0 Å². The average Bonchev–Trinajstić information content (AvgIpc) is 3.38. The maximum atomic E-state index is 13.4. The fraction of sp³-hybridized carbons (Fsp3) is 0.400. The number of carbonyl (C=O) groups is 3. The summed E-state index contributed by atoms with van der Waals surface area (Å²) in [4.78, 5) is 39.5. The van der Waals surface area contributed by atoms with E-state index in [2.05, 4.69) is 17.4 Å². The smallest absolute Gasteiger partial charge is 0.327 e. The highest BCUT2D eigenvalue weighted by molar-refractivity contribution is 6.04. The number of nitrogens with one attached hydrogen (secondary N) is 1. The summed E-state index contributed by atoms with van der Waals surface area (Å²) >= 11 is 0. The summed E-state index contributed by atoms with van der Waals surface area (Å²) in [6.45, 7) is 3.68. The van der Waals surface area contributed by atoms with Gasteiger partial charge in [0.25, 0.3) is 0 Å². The third-order valence-electron chi connectivity index (χ3n) is 6.39. The number of nitrogens with zero attached hydrogens (tertiary/aromatic N) is 1. The van der Waals surface area contributed by atoms with Crippen LogP contribution in [0.15, 0.2) is 48.5 Å². The van der Waals surface area contributed by atoms with Gasteiger partial charge in [0.1, 0.15) is 12.1 Å². The molecule has 1 heterocycles. The number of esters is 1. The van der Waals surface area contributed by atoms with Crippen molar-refractivity contribution in [2.45, 2.75) is 51.2 Å². The first-order valence-corrected chi connectivity index (χ1v) is 11.0. The maximum Gasteiger partial charge on any atom is 0.327 e. The molecule has 0 fully saturated rings. The molecule has 0 radical (unpaired) electrons. The van der Waals surface area contributed by atoms with E-state index in [1.165, 1.54) is 16.0 Å². The van der Waals surface area contributed by atoms with E-state index >= 15 is 0 Å². The van der Waals surface area contributed by atoms with E-state index in [0.717, 1.165) is 18.4 Å². The predicted molar refractivity (Wildman–Crippen MR) is 119 cm³/mol. The van der Waals surface area contributed by atoms with Gasteiger partial charge < -0.3 is 9.84 Å². The molecule has 2 N–H and O–H groups in total. The first-order chi connectivity index (χ1) is 15.4. The number of amides is 1.